The molecule has 6 nitrogen and oxygen atoms in total. The van der Waals surface area contributed by atoms with E-state index in [4.69, 9.17) is 5.73 Å². The maximum Gasteiger partial charge on any atom is 0.290 e. The summed E-state index contributed by atoms with van der Waals surface area (Å²) in [4.78, 5) is 38.2. The highest BCUT2D eigenvalue weighted by Crippen LogP contribution is 2.32. The Labute approximate surface area is 127 Å². The Morgan fingerprint density at radius 2 is 1.95 bits per heavy atom. The molecule has 0 spiro atoms. The third-order valence-electron chi connectivity index (χ3n) is 3.20. The molecular weight excluding hydrogens is 290 g/mol. The number of nitrogens with two attached hydrogens (primary N) is 1. The Morgan fingerprint density at radius 1 is 1.33 bits per heavy atom. The third kappa shape index (κ3) is 3.18. The van der Waals surface area contributed by atoms with E-state index in [-0.39, 0.29) is 17.7 Å². The molecule has 112 valence electrons. The summed E-state index contributed by atoms with van der Waals surface area (Å²) < 4.78 is 0. The molecule has 3 amide bonds. The van der Waals surface area contributed by atoms with Gasteiger partial charge in [0.2, 0.25) is 5.91 Å². The highest BCUT2D eigenvalue weighted by Gasteiger charge is 2.42. The number of carbonyl (C=O) groups excluding carboxylic acids is 3. The molecule has 1 unspecified atom stereocenters. The van der Waals surface area contributed by atoms with Gasteiger partial charge in [0.1, 0.15) is 0 Å². The highest BCUT2D eigenvalue weighted by molar-refractivity contribution is 8.15. The quantitative estimate of drug-likeness (QED) is 0.887. The van der Waals surface area contributed by atoms with Crippen LogP contribution in [0.3, 0.4) is 0 Å². The van der Waals surface area contributed by atoms with Gasteiger partial charge in [0.05, 0.1) is 6.54 Å². The van der Waals surface area contributed by atoms with E-state index < -0.39 is 11.3 Å². The van der Waals surface area contributed by atoms with Crippen molar-refractivity contribution >= 4 is 34.5 Å². The lowest BCUT2D eigenvalue weighted by atomic mass is 10.2. The molecule has 1 aliphatic heterocycles. The predicted molar refractivity (Wildman–Crippen MR) is 81.9 cm³/mol. The van der Waals surface area contributed by atoms with E-state index in [2.05, 4.69) is 0 Å². The standard InChI is InChI=1S/C14H17N3O3S/c1-3-16-12(19)13(21-14(16)20)17(8-11(15)18)10-6-4-9(2)5-7-10/h4-7,13H,3,8H2,1-2H3,(H2,15,18). The fourth-order valence-electron chi connectivity index (χ4n) is 2.13. The molecule has 2 N–H and O–H groups in total. The zero-order valence-electron chi connectivity index (χ0n) is 11.9. The van der Waals surface area contributed by atoms with Crippen molar-refractivity contribution < 1.29 is 14.4 Å². The summed E-state index contributed by atoms with van der Waals surface area (Å²) in [5.74, 6) is -0.860. The van der Waals surface area contributed by atoms with E-state index in [0.717, 1.165) is 17.3 Å². The van der Waals surface area contributed by atoms with E-state index in [1.165, 1.54) is 4.90 Å². The molecule has 0 bridgehead atoms. The lowest BCUT2D eigenvalue weighted by Gasteiger charge is -2.27. The second-order valence-electron chi connectivity index (χ2n) is 4.75. The van der Waals surface area contributed by atoms with Crippen LogP contribution < -0.4 is 10.6 Å². The van der Waals surface area contributed by atoms with Crippen molar-refractivity contribution in [3.05, 3.63) is 29.8 Å². The number of primary amides is 1. The summed E-state index contributed by atoms with van der Waals surface area (Å²) in [5.41, 5.74) is 7.03. The number of imide groups is 1. The Morgan fingerprint density at radius 3 is 2.43 bits per heavy atom. The van der Waals surface area contributed by atoms with Crippen molar-refractivity contribution in [3.8, 4) is 0 Å². The normalized spacial score (nSPS) is 18.2. The molecule has 0 radical (unpaired) electrons. The van der Waals surface area contributed by atoms with Gasteiger partial charge in [-0.1, -0.05) is 17.7 Å². The zero-order chi connectivity index (χ0) is 15.6. The first-order valence-corrected chi connectivity index (χ1v) is 7.45. The lowest BCUT2D eigenvalue weighted by Crippen LogP contribution is -2.45. The second-order valence-corrected chi connectivity index (χ2v) is 5.78. The summed E-state index contributed by atoms with van der Waals surface area (Å²) in [7, 11) is 0. The number of nitrogens with zero attached hydrogens (tertiary/aromatic N) is 2. The van der Waals surface area contributed by atoms with E-state index in [1.807, 2.05) is 31.2 Å². The van der Waals surface area contributed by atoms with Gasteiger partial charge in [-0.2, -0.15) is 0 Å². The summed E-state index contributed by atoms with van der Waals surface area (Å²) >= 11 is 0.911. The summed E-state index contributed by atoms with van der Waals surface area (Å²) in [6.45, 7) is 3.89. The molecule has 0 aromatic heterocycles. The van der Waals surface area contributed by atoms with E-state index in [1.54, 1.807) is 11.8 Å². The molecule has 1 fully saturated rings. The van der Waals surface area contributed by atoms with Gasteiger partial charge in [-0.25, -0.2) is 0 Å². The summed E-state index contributed by atoms with van der Waals surface area (Å²) in [6.07, 6.45) is 0. The minimum absolute atomic E-state index is 0.114. The van der Waals surface area contributed by atoms with Crippen molar-refractivity contribution in [2.24, 2.45) is 5.73 Å². The van der Waals surface area contributed by atoms with Crippen molar-refractivity contribution in [2.45, 2.75) is 19.2 Å². The van der Waals surface area contributed by atoms with Crippen LogP contribution in [0.2, 0.25) is 0 Å². The van der Waals surface area contributed by atoms with Gasteiger partial charge in [-0.3, -0.25) is 19.3 Å². The summed E-state index contributed by atoms with van der Waals surface area (Å²) in [5, 5.41) is -1.04. The van der Waals surface area contributed by atoms with Crippen molar-refractivity contribution in [3.63, 3.8) is 0 Å². The van der Waals surface area contributed by atoms with E-state index in [0.29, 0.717) is 12.2 Å². The largest absolute Gasteiger partial charge is 0.368 e. The van der Waals surface area contributed by atoms with Crippen LogP contribution in [-0.2, 0) is 9.59 Å². The number of rotatable bonds is 5. The van der Waals surface area contributed by atoms with Crippen LogP contribution in [0.25, 0.3) is 0 Å². The van der Waals surface area contributed by atoms with Gasteiger partial charge >= 0.3 is 0 Å². The number of hydrogen-bond donors (Lipinski definition) is 1. The first kappa shape index (κ1) is 15.4. The summed E-state index contributed by atoms with van der Waals surface area (Å²) in [6, 6.07) is 7.38. The molecule has 1 aromatic carbocycles. The van der Waals surface area contributed by atoms with Crippen LogP contribution in [-0.4, -0.2) is 40.4 Å². The average Bonchev–Trinajstić information content (AvgIpc) is 2.71. The minimum atomic E-state index is -0.743. The lowest BCUT2D eigenvalue weighted by molar-refractivity contribution is -0.126. The van der Waals surface area contributed by atoms with Crippen molar-refractivity contribution in [1.29, 1.82) is 0 Å². The van der Waals surface area contributed by atoms with Crippen molar-refractivity contribution in [1.82, 2.24) is 4.90 Å². The molecule has 1 saturated heterocycles. The van der Waals surface area contributed by atoms with Crippen LogP contribution in [0, 0.1) is 6.92 Å². The molecule has 1 atom stereocenters. The molecule has 1 aromatic rings. The van der Waals surface area contributed by atoms with Gasteiger partial charge in [-0.15, -0.1) is 0 Å². The van der Waals surface area contributed by atoms with Crippen LogP contribution >= 0.6 is 11.8 Å². The molecule has 1 heterocycles. The first-order valence-electron chi connectivity index (χ1n) is 6.57. The highest BCUT2D eigenvalue weighted by atomic mass is 32.2. The Kier molecular flexibility index (Phi) is 4.52. The maximum absolute atomic E-state index is 12.3. The number of amides is 3. The van der Waals surface area contributed by atoms with Crippen molar-refractivity contribution in [2.75, 3.05) is 18.0 Å². The molecule has 2 rings (SSSR count). The predicted octanol–water partition coefficient (Wildman–Crippen LogP) is 1.33. The monoisotopic (exact) mass is 307 g/mol. The minimum Gasteiger partial charge on any atom is -0.368 e. The molecule has 0 saturated carbocycles. The number of aryl methyl sites for hydroxylation is 1. The van der Waals surface area contributed by atoms with Crippen LogP contribution in [0.4, 0.5) is 10.5 Å². The Balaban J connectivity index is 2.33. The Bertz CT molecular complexity index is 573. The molecule has 21 heavy (non-hydrogen) atoms. The molecule has 1 aliphatic rings. The van der Waals surface area contributed by atoms with E-state index >= 15 is 0 Å². The van der Waals surface area contributed by atoms with Gasteiger partial charge in [0, 0.05) is 12.2 Å². The zero-order valence-corrected chi connectivity index (χ0v) is 12.7. The van der Waals surface area contributed by atoms with Gasteiger partial charge in [-0.05, 0) is 37.7 Å². The van der Waals surface area contributed by atoms with Crippen LogP contribution in [0.5, 0.6) is 0 Å². The van der Waals surface area contributed by atoms with Gasteiger partial charge in [0.25, 0.3) is 11.1 Å². The number of thioether (sulfide) groups is 1. The fourth-order valence-corrected chi connectivity index (χ4v) is 3.22. The number of carbonyl (C=O) groups is 3. The number of benzene rings is 1. The Hall–Kier alpha value is -2.02. The topological polar surface area (TPSA) is 83.7 Å². The first-order chi connectivity index (χ1) is 9.93. The van der Waals surface area contributed by atoms with Gasteiger partial charge < -0.3 is 10.6 Å². The molecular formula is C14H17N3O3S. The number of likely N-dealkylation sites (N-methyl/N-ethyl adjacent to an activating group) is 1. The smallest absolute Gasteiger partial charge is 0.290 e. The number of anilines is 1. The van der Waals surface area contributed by atoms with Crippen LogP contribution in [0.15, 0.2) is 24.3 Å². The van der Waals surface area contributed by atoms with E-state index in [9.17, 15) is 14.4 Å². The molecule has 0 aliphatic carbocycles. The van der Waals surface area contributed by atoms with Gasteiger partial charge in [0.15, 0.2) is 5.37 Å². The second kappa shape index (κ2) is 6.17. The molecule has 7 heteroatoms. The maximum atomic E-state index is 12.3. The SMILES string of the molecule is CCN1C(=O)SC(N(CC(N)=O)c2ccc(C)cc2)C1=O. The van der Waals surface area contributed by atoms with Crippen LogP contribution in [0.1, 0.15) is 12.5 Å². The number of hydrogen-bond acceptors (Lipinski definition) is 5. The fraction of sp³-hybridized carbons (Fsp3) is 0.357. The average molecular weight is 307 g/mol. The third-order valence-corrected chi connectivity index (χ3v) is 4.30.